The van der Waals surface area contributed by atoms with Gasteiger partial charge >= 0.3 is 0 Å². The van der Waals surface area contributed by atoms with Crippen molar-refractivity contribution in [1.82, 2.24) is 10.6 Å². The summed E-state index contributed by atoms with van der Waals surface area (Å²) in [4.78, 5) is 0. The highest BCUT2D eigenvalue weighted by Crippen LogP contribution is 2.12. The third-order valence-electron chi connectivity index (χ3n) is 2.17. The minimum Gasteiger partial charge on any atom is -0.311 e. The number of hydrogen-bond donors (Lipinski definition) is 2. The fraction of sp³-hybridized carbons (Fsp3) is 1.00. The summed E-state index contributed by atoms with van der Waals surface area (Å²) in [7, 11) is 0. The molecule has 2 atom stereocenters. The third-order valence-corrected chi connectivity index (χ3v) is 2.17. The summed E-state index contributed by atoms with van der Waals surface area (Å²) in [5.74, 6) is 0. The molecular formula is C10H24N2. The molecule has 0 aliphatic carbocycles. The Morgan fingerprint density at radius 2 is 1.08 bits per heavy atom. The maximum Gasteiger partial charge on any atom is 0.0193 e. The lowest BCUT2D eigenvalue weighted by molar-refractivity contribution is 0.251. The number of rotatable bonds is 0. The summed E-state index contributed by atoms with van der Waals surface area (Å²) in [6.07, 6.45) is 2.77. The van der Waals surface area contributed by atoms with Gasteiger partial charge in [0, 0.05) is 25.2 Å². The van der Waals surface area contributed by atoms with E-state index in [9.17, 15) is 0 Å². The Morgan fingerprint density at radius 1 is 0.750 bits per heavy atom. The van der Waals surface area contributed by atoms with Crippen LogP contribution in [0.4, 0.5) is 0 Å². The van der Waals surface area contributed by atoms with Crippen LogP contribution in [-0.2, 0) is 0 Å². The Balaban J connectivity index is 0.000000269. The van der Waals surface area contributed by atoms with Crippen molar-refractivity contribution in [3.8, 4) is 0 Å². The first-order chi connectivity index (χ1) is 5.95. The second kappa shape index (κ2) is 7.56. The first-order valence-electron chi connectivity index (χ1n) is 5.42. The van der Waals surface area contributed by atoms with E-state index >= 15 is 0 Å². The van der Waals surface area contributed by atoms with E-state index in [2.05, 4.69) is 10.6 Å². The van der Waals surface area contributed by atoms with Crippen LogP contribution in [-0.4, -0.2) is 25.2 Å². The summed E-state index contributed by atoms with van der Waals surface area (Å²) >= 11 is 0. The topological polar surface area (TPSA) is 24.1 Å². The lowest BCUT2D eigenvalue weighted by Gasteiger charge is -2.37. The van der Waals surface area contributed by atoms with E-state index in [1.54, 1.807) is 0 Å². The standard InChI is InChI=1S/C6H12N2.2C2H6/c1-2-6-4-7-5(1)3-8-6;2*1-2/h5-8H,1-4H2;2*1-2H3. The summed E-state index contributed by atoms with van der Waals surface area (Å²) in [6, 6.07) is 1.58. The van der Waals surface area contributed by atoms with E-state index in [-0.39, 0.29) is 0 Å². The third kappa shape index (κ3) is 3.55. The van der Waals surface area contributed by atoms with Crippen molar-refractivity contribution in [1.29, 1.82) is 0 Å². The highest BCUT2D eigenvalue weighted by Gasteiger charge is 2.25. The van der Waals surface area contributed by atoms with Gasteiger partial charge in [-0.2, -0.15) is 0 Å². The van der Waals surface area contributed by atoms with Crippen molar-refractivity contribution >= 4 is 0 Å². The van der Waals surface area contributed by atoms with Crippen molar-refractivity contribution < 1.29 is 0 Å². The number of nitrogens with one attached hydrogen (secondary N) is 2. The van der Waals surface area contributed by atoms with E-state index in [0.717, 1.165) is 12.1 Å². The molecule has 2 unspecified atom stereocenters. The molecule has 2 heteroatoms. The molecule has 3 heterocycles. The van der Waals surface area contributed by atoms with Crippen molar-refractivity contribution in [2.75, 3.05) is 13.1 Å². The van der Waals surface area contributed by atoms with Gasteiger partial charge in [0.1, 0.15) is 0 Å². The van der Waals surface area contributed by atoms with Crippen LogP contribution in [0.1, 0.15) is 40.5 Å². The van der Waals surface area contributed by atoms with Crippen molar-refractivity contribution in [2.24, 2.45) is 0 Å². The molecule has 0 aromatic rings. The highest BCUT2D eigenvalue weighted by atomic mass is 15.1. The van der Waals surface area contributed by atoms with Gasteiger partial charge in [-0.25, -0.2) is 0 Å². The van der Waals surface area contributed by atoms with Gasteiger partial charge in [0.15, 0.2) is 0 Å². The Bertz CT molecular complexity index is 62.8. The van der Waals surface area contributed by atoms with Crippen LogP contribution < -0.4 is 10.6 Å². The maximum absolute atomic E-state index is 3.46. The molecule has 0 amide bonds. The zero-order valence-corrected chi connectivity index (χ0v) is 8.98. The molecule has 0 saturated carbocycles. The molecule has 0 radical (unpaired) electrons. The van der Waals surface area contributed by atoms with Crippen LogP contribution in [0, 0.1) is 0 Å². The van der Waals surface area contributed by atoms with E-state index in [4.69, 9.17) is 0 Å². The summed E-state index contributed by atoms with van der Waals surface area (Å²) in [5, 5.41) is 6.91. The van der Waals surface area contributed by atoms with E-state index in [1.807, 2.05) is 27.7 Å². The minimum atomic E-state index is 0.792. The maximum atomic E-state index is 3.46. The van der Waals surface area contributed by atoms with Crippen LogP contribution in [0.5, 0.6) is 0 Å². The predicted octanol–water partition coefficient (Wildman–Crippen LogP) is 1.76. The number of piperidine rings is 2. The van der Waals surface area contributed by atoms with Gasteiger partial charge in [-0.15, -0.1) is 0 Å². The van der Waals surface area contributed by atoms with Gasteiger partial charge in [-0.1, -0.05) is 27.7 Å². The van der Waals surface area contributed by atoms with Gasteiger partial charge in [-0.3, -0.25) is 0 Å². The van der Waals surface area contributed by atoms with Gasteiger partial charge < -0.3 is 10.6 Å². The molecule has 12 heavy (non-hydrogen) atoms. The molecule has 0 aromatic carbocycles. The molecule has 2 N–H and O–H groups in total. The van der Waals surface area contributed by atoms with Crippen LogP contribution in [0.2, 0.25) is 0 Å². The first kappa shape index (κ1) is 11.9. The fourth-order valence-electron chi connectivity index (χ4n) is 1.57. The van der Waals surface area contributed by atoms with Crippen LogP contribution in [0.15, 0.2) is 0 Å². The normalized spacial score (nSPS) is 31.0. The van der Waals surface area contributed by atoms with E-state index < -0.39 is 0 Å². The fourth-order valence-corrected chi connectivity index (χ4v) is 1.57. The highest BCUT2D eigenvalue weighted by molar-refractivity contribution is 4.89. The van der Waals surface area contributed by atoms with Crippen molar-refractivity contribution in [3.63, 3.8) is 0 Å². The molecule has 3 aliphatic heterocycles. The Hall–Kier alpha value is -0.0800. The monoisotopic (exact) mass is 172 g/mol. The van der Waals surface area contributed by atoms with Crippen molar-refractivity contribution in [3.05, 3.63) is 0 Å². The molecule has 3 rings (SSSR count). The SMILES string of the molecule is C1CC2CNC1CN2.CC.CC. The Morgan fingerprint density at radius 3 is 1.17 bits per heavy atom. The van der Waals surface area contributed by atoms with Crippen molar-refractivity contribution in [2.45, 2.75) is 52.6 Å². The van der Waals surface area contributed by atoms with Gasteiger partial charge in [0.05, 0.1) is 0 Å². The zero-order valence-electron chi connectivity index (χ0n) is 8.98. The van der Waals surface area contributed by atoms with E-state index in [1.165, 1.54) is 25.9 Å². The lowest BCUT2D eigenvalue weighted by atomic mass is 9.96. The Kier molecular flexibility index (Phi) is 7.51. The average Bonchev–Trinajstić information content (AvgIpc) is 2.27. The van der Waals surface area contributed by atoms with E-state index in [0.29, 0.717) is 0 Å². The molecule has 3 aliphatic rings. The molecule has 0 aromatic heterocycles. The molecule has 3 fully saturated rings. The minimum absolute atomic E-state index is 0.792. The second-order valence-electron chi connectivity index (χ2n) is 2.79. The first-order valence-corrected chi connectivity index (χ1v) is 5.42. The largest absolute Gasteiger partial charge is 0.311 e. The smallest absolute Gasteiger partial charge is 0.0193 e. The molecule has 2 nitrogen and oxygen atoms in total. The second-order valence-corrected chi connectivity index (χ2v) is 2.79. The molecule has 0 spiro atoms. The lowest BCUT2D eigenvalue weighted by Crippen LogP contribution is -2.58. The quantitative estimate of drug-likeness (QED) is 0.582. The van der Waals surface area contributed by atoms with Gasteiger partial charge in [0.25, 0.3) is 0 Å². The number of piperazine rings is 1. The summed E-state index contributed by atoms with van der Waals surface area (Å²) in [5.41, 5.74) is 0. The van der Waals surface area contributed by atoms with Gasteiger partial charge in [-0.05, 0) is 12.8 Å². The predicted molar refractivity (Wildman–Crippen MR) is 55.5 cm³/mol. The molecule has 2 bridgehead atoms. The summed E-state index contributed by atoms with van der Waals surface area (Å²) in [6.45, 7) is 10.4. The summed E-state index contributed by atoms with van der Waals surface area (Å²) < 4.78 is 0. The molecule has 3 saturated heterocycles. The molecule has 74 valence electrons. The zero-order chi connectivity index (χ0) is 9.40. The van der Waals surface area contributed by atoms with Gasteiger partial charge in [0.2, 0.25) is 0 Å². The van der Waals surface area contributed by atoms with Crippen LogP contribution >= 0.6 is 0 Å². The Labute approximate surface area is 77.1 Å². The average molecular weight is 172 g/mol. The molecular weight excluding hydrogens is 148 g/mol. The van der Waals surface area contributed by atoms with Crippen LogP contribution in [0.3, 0.4) is 0 Å². The number of hydrogen-bond acceptors (Lipinski definition) is 2. The number of fused-ring (bicyclic) bond motifs is 3. The van der Waals surface area contributed by atoms with Crippen LogP contribution in [0.25, 0.3) is 0 Å².